The Labute approximate surface area is 142 Å². The van der Waals surface area contributed by atoms with E-state index in [-0.39, 0.29) is 23.9 Å². The predicted molar refractivity (Wildman–Crippen MR) is 90.5 cm³/mol. The zero-order valence-electron chi connectivity index (χ0n) is 14.6. The first-order chi connectivity index (χ1) is 11.4. The molecule has 0 spiro atoms. The van der Waals surface area contributed by atoms with E-state index in [9.17, 15) is 9.59 Å². The molecule has 3 amide bonds. The molecule has 0 bridgehead atoms. The Morgan fingerprint density at radius 1 is 1.42 bits per heavy atom. The molecule has 1 unspecified atom stereocenters. The lowest BCUT2D eigenvalue weighted by molar-refractivity contribution is -0.123. The fraction of sp³-hybridized carbons (Fsp3) is 0.733. The summed E-state index contributed by atoms with van der Waals surface area (Å²) >= 11 is 0. The van der Waals surface area contributed by atoms with Gasteiger partial charge in [-0.05, 0) is 40.2 Å². The second-order valence-electron chi connectivity index (χ2n) is 6.44. The van der Waals surface area contributed by atoms with Crippen molar-refractivity contribution >= 4 is 17.9 Å². The molecule has 1 aliphatic heterocycles. The fourth-order valence-electron chi connectivity index (χ4n) is 2.91. The molecule has 1 atom stereocenters. The molecule has 1 fully saturated rings. The van der Waals surface area contributed by atoms with Crippen LogP contribution in [-0.4, -0.2) is 57.8 Å². The van der Waals surface area contributed by atoms with E-state index in [0.29, 0.717) is 25.6 Å². The van der Waals surface area contributed by atoms with Crippen LogP contribution >= 0.6 is 0 Å². The van der Waals surface area contributed by atoms with Gasteiger partial charge >= 0.3 is 6.03 Å². The highest BCUT2D eigenvalue weighted by atomic mass is 16.2. The molecule has 0 aromatic carbocycles. The summed E-state index contributed by atoms with van der Waals surface area (Å²) in [6.07, 6.45) is 1.80. The van der Waals surface area contributed by atoms with Crippen molar-refractivity contribution in [1.82, 2.24) is 25.0 Å². The van der Waals surface area contributed by atoms with E-state index in [1.165, 1.54) is 0 Å². The summed E-state index contributed by atoms with van der Waals surface area (Å²) in [7, 11) is 0. The van der Waals surface area contributed by atoms with E-state index >= 15 is 0 Å². The molecule has 1 aliphatic rings. The number of aromatic nitrogens is 3. The van der Waals surface area contributed by atoms with Gasteiger partial charge in [0.1, 0.15) is 5.82 Å². The van der Waals surface area contributed by atoms with Crippen LogP contribution < -0.4 is 16.4 Å². The molecule has 4 N–H and O–H groups in total. The van der Waals surface area contributed by atoms with Gasteiger partial charge in [0.15, 0.2) is 0 Å². The Kier molecular flexibility index (Phi) is 6.13. The summed E-state index contributed by atoms with van der Waals surface area (Å²) in [6, 6.07) is -0.146. The highest BCUT2D eigenvalue weighted by Crippen LogP contribution is 2.15. The minimum atomic E-state index is -0.334. The van der Waals surface area contributed by atoms with Gasteiger partial charge in [-0.25, -0.2) is 9.48 Å². The monoisotopic (exact) mass is 337 g/mol. The van der Waals surface area contributed by atoms with Crippen molar-refractivity contribution in [2.45, 2.75) is 39.7 Å². The summed E-state index contributed by atoms with van der Waals surface area (Å²) in [5, 5.41) is 9.67. The Hall–Kier alpha value is -2.16. The molecule has 1 aromatic heterocycles. The number of hydrogen-bond donors (Lipinski definition) is 3. The lowest BCUT2D eigenvalue weighted by Gasteiger charge is -2.30. The number of rotatable bonds is 6. The average molecular weight is 337 g/mol. The van der Waals surface area contributed by atoms with Crippen molar-refractivity contribution < 1.29 is 9.59 Å². The maximum Gasteiger partial charge on any atom is 0.321 e. The van der Waals surface area contributed by atoms with E-state index in [0.717, 1.165) is 25.2 Å². The van der Waals surface area contributed by atoms with Crippen LogP contribution in [0.5, 0.6) is 0 Å². The van der Waals surface area contributed by atoms with Crippen molar-refractivity contribution in [3.63, 3.8) is 0 Å². The van der Waals surface area contributed by atoms with Crippen molar-refractivity contribution in [1.29, 1.82) is 0 Å². The number of carbonyl (C=O) groups is 2. The van der Waals surface area contributed by atoms with Crippen molar-refractivity contribution in [3.8, 4) is 0 Å². The van der Waals surface area contributed by atoms with Crippen LogP contribution in [0.1, 0.15) is 38.6 Å². The van der Waals surface area contributed by atoms with Gasteiger partial charge in [0.2, 0.25) is 11.9 Å². The summed E-state index contributed by atoms with van der Waals surface area (Å²) in [6.45, 7) is 8.62. The summed E-state index contributed by atoms with van der Waals surface area (Å²) < 4.78 is 1.76. The molecule has 1 aromatic rings. The van der Waals surface area contributed by atoms with E-state index in [4.69, 9.17) is 5.73 Å². The minimum absolute atomic E-state index is 0.0836. The van der Waals surface area contributed by atoms with Crippen LogP contribution in [0, 0.1) is 12.8 Å². The summed E-state index contributed by atoms with van der Waals surface area (Å²) in [4.78, 5) is 29.5. The zero-order chi connectivity index (χ0) is 17.7. The molecule has 24 heavy (non-hydrogen) atoms. The number of primary amides is 1. The number of nitrogens with zero attached hydrogens (tertiary/aromatic N) is 4. The Bertz CT molecular complexity index is 584. The smallest absolute Gasteiger partial charge is 0.321 e. The van der Waals surface area contributed by atoms with Gasteiger partial charge in [-0.3, -0.25) is 10.1 Å². The number of hydrogen-bond acceptors (Lipinski definition) is 5. The number of likely N-dealkylation sites (tertiary alicyclic amines) is 1. The number of amides is 3. The van der Waals surface area contributed by atoms with Crippen LogP contribution in [0.2, 0.25) is 0 Å². The number of nitrogens with one attached hydrogen (secondary N) is 2. The van der Waals surface area contributed by atoms with Crippen molar-refractivity contribution in [2.75, 3.05) is 31.5 Å². The third kappa shape index (κ3) is 4.92. The largest absolute Gasteiger partial charge is 0.369 e. The number of urea groups is 1. The van der Waals surface area contributed by atoms with Gasteiger partial charge in [0.05, 0.1) is 5.92 Å². The maximum atomic E-state index is 11.9. The standard InChI is InChI=1S/C15H27N7O2/c1-10(2)22-11(3)18-14(20-22)19-15(24)17-6-8-21-7-4-5-12(9-21)13(16)23/h10,12H,4-9H2,1-3H3,(H2,16,23)(H2,17,19,20,24). The van der Waals surface area contributed by atoms with Crippen LogP contribution in [0.4, 0.5) is 10.7 Å². The van der Waals surface area contributed by atoms with Gasteiger partial charge in [0.25, 0.3) is 0 Å². The highest BCUT2D eigenvalue weighted by Gasteiger charge is 2.23. The molecule has 134 valence electrons. The van der Waals surface area contributed by atoms with Crippen LogP contribution in [0.15, 0.2) is 0 Å². The topological polar surface area (TPSA) is 118 Å². The lowest BCUT2D eigenvalue weighted by atomic mass is 9.97. The van der Waals surface area contributed by atoms with Crippen molar-refractivity contribution in [2.24, 2.45) is 11.7 Å². The zero-order valence-corrected chi connectivity index (χ0v) is 14.6. The number of carbonyl (C=O) groups excluding carboxylic acids is 2. The number of nitrogens with two attached hydrogens (primary N) is 1. The lowest BCUT2D eigenvalue weighted by Crippen LogP contribution is -2.44. The first kappa shape index (κ1) is 18.2. The molecule has 9 nitrogen and oxygen atoms in total. The molecule has 0 saturated carbocycles. The Morgan fingerprint density at radius 3 is 2.79 bits per heavy atom. The minimum Gasteiger partial charge on any atom is -0.369 e. The van der Waals surface area contributed by atoms with Crippen LogP contribution in [0.3, 0.4) is 0 Å². The number of anilines is 1. The summed E-state index contributed by atoms with van der Waals surface area (Å²) in [5.41, 5.74) is 5.37. The molecule has 2 heterocycles. The second kappa shape index (κ2) is 8.09. The molecule has 9 heteroatoms. The average Bonchev–Trinajstić information content (AvgIpc) is 2.88. The van der Waals surface area contributed by atoms with E-state index < -0.39 is 0 Å². The number of aryl methyl sites for hydroxylation is 1. The Morgan fingerprint density at radius 2 is 2.17 bits per heavy atom. The predicted octanol–water partition coefficient (Wildman–Crippen LogP) is 0.486. The molecule has 0 aliphatic carbocycles. The third-order valence-electron chi connectivity index (χ3n) is 4.14. The molecular formula is C15H27N7O2. The summed E-state index contributed by atoms with van der Waals surface area (Å²) in [5.74, 6) is 0.726. The van der Waals surface area contributed by atoms with Gasteiger partial charge < -0.3 is 16.0 Å². The molecule has 2 rings (SSSR count). The third-order valence-corrected chi connectivity index (χ3v) is 4.14. The fourth-order valence-corrected chi connectivity index (χ4v) is 2.91. The normalized spacial score (nSPS) is 18.6. The Balaban J connectivity index is 1.73. The van der Waals surface area contributed by atoms with Gasteiger partial charge in [-0.1, -0.05) is 0 Å². The van der Waals surface area contributed by atoms with Gasteiger partial charge in [-0.2, -0.15) is 4.98 Å². The second-order valence-corrected chi connectivity index (χ2v) is 6.44. The number of piperidine rings is 1. The van der Waals surface area contributed by atoms with Crippen molar-refractivity contribution in [3.05, 3.63) is 5.82 Å². The first-order valence-electron chi connectivity index (χ1n) is 8.36. The van der Waals surface area contributed by atoms with E-state index in [2.05, 4.69) is 25.6 Å². The SMILES string of the molecule is Cc1nc(NC(=O)NCCN2CCCC(C(N)=O)C2)nn1C(C)C. The maximum absolute atomic E-state index is 11.9. The highest BCUT2D eigenvalue weighted by molar-refractivity contribution is 5.87. The molecule has 0 radical (unpaired) electrons. The van der Waals surface area contributed by atoms with E-state index in [1.807, 2.05) is 20.8 Å². The quantitative estimate of drug-likeness (QED) is 0.698. The van der Waals surface area contributed by atoms with Crippen LogP contribution in [0.25, 0.3) is 0 Å². The molecule has 1 saturated heterocycles. The van der Waals surface area contributed by atoms with Gasteiger partial charge in [0, 0.05) is 25.7 Å². The van der Waals surface area contributed by atoms with E-state index in [1.54, 1.807) is 4.68 Å². The molecular weight excluding hydrogens is 310 g/mol. The van der Waals surface area contributed by atoms with Crippen LogP contribution in [-0.2, 0) is 4.79 Å². The first-order valence-corrected chi connectivity index (χ1v) is 8.36. The van der Waals surface area contributed by atoms with Gasteiger partial charge in [-0.15, -0.1) is 5.10 Å².